The molecule has 0 radical (unpaired) electrons. The smallest absolute Gasteiger partial charge is 0.0707 e. The molecule has 0 bridgehead atoms. The van der Waals surface area contributed by atoms with Gasteiger partial charge in [-0.1, -0.05) is 48.6 Å². The molecule has 1 aromatic heterocycles. The zero-order valence-electron chi connectivity index (χ0n) is 10.5. The minimum atomic E-state index is 0.789. The van der Waals surface area contributed by atoms with Gasteiger partial charge in [0.05, 0.1) is 5.52 Å². The summed E-state index contributed by atoms with van der Waals surface area (Å²) in [5, 5.41) is 1.15. The molecule has 0 amide bonds. The first-order chi connectivity index (χ1) is 9.34. The van der Waals surface area contributed by atoms with Crippen LogP contribution in [0.1, 0.15) is 11.1 Å². The topological polar surface area (TPSA) is 38.9 Å². The van der Waals surface area contributed by atoms with E-state index in [0.29, 0.717) is 0 Å². The molecule has 0 unspecified atom stereocenters. The fraction of sp³-hybridized carbons (Fsp3) is 0. The molecule has 19 heavy (non-hydrogen) atoms. The Balaban J connectivity index is 2.04. The fourth-order valence-corrected chi connectivity index (χ4v) is 2.11. The Morgan fingerprint density at radius 3 is 2.42 bits per heavy atom. The SMILES string of the molecule is Nc1ccccc1/C=C/c1ccnc2ccccc12. The standard InChI is InChI=1S/C17H14N2/c18-16-7-3-1-5-14(16)10-9-13-11-12-19-17-8-4-2-6-15(13)17/h1-12H,18H2/b10-9+. The van der Waals surface area contributed by atoms with Crippen molar-refractivity contribution in [3.63, 3.8) is 0 Å². The molecule has 0 saturated carbocycles. The molecule has 3 aromatic rings. The van der Waals surface area contributed by atoms with E-state index in [1.807, 2.05) is 60.8 Å². The van der Waals surface area contributed by atoms with Gasteiger partial charge in [0.15, 0.2) is 0 Å². The van der Waals surface area contributed by atoms with Crippen molar-refractivity contribution in [1.82, 2.24) is 4.98 Å². The van der Waals surface area contributed by atoms with Crippen LogP contribution in [0.2, 0.25) is 0 Å². The number of hydrogen-bond acceptors (Lipinski definition) is 2. The lowest BCUT2D eigenvalue weighted by Gasteiger charge is -2.02. The summed E-state index contributed by atoms with van der Waals surface area (Å²) in [4.78, 5) is 4.36. The average molecular weight is 246 g/mol. The first-order valence-corrected chi connectivity index (χ1v) is 6.21. The third-order valence-corrected chi connectivity index (χ3v) is 3.12. The van der Waals surface area contributed by atoms with E-state index in [4.69, 9.17) is 5.73 Å². The van der Waals surface area contributed by atoms with Crippen LogP contribution in [0.3, 0.4) is 0 Å². The Hall–Kier alpha value is -2.61. The molecule has 0 aliphatic heterocycles. The van der Waals surface area contributed by atoms with E-state index in [1.165, 1.54) is 0 Å². The van der Waals surface area contributed by atoms with Crippen LogP contribution in [0.15, 0.2) is 60.8 Å². The molecule has 0 aliphatic rings. The van der Waals surface area contributed by atoms with Gasteiger partial charge < -0.3 is 5.73 Å². The summed E-state index contributed by atoms with van der Waals surface area (Å²) in [6.45, 7) is 0. The summed E-state index contributed by atoms with van der Waals surface area (Å²) in [7, 11) is 0. The maximum Gasteiger partial charge on any atom is 0.0707 e. The van der Waals surface area contributed by atoms with Crippen molar-refractivity contribution in [3.05, 3.63) is 71.9 Å². The zero-order valence-corrected chi connectivity index (χ0v) is 10.5. The highest BCUT2D eigenvalue weighted by Gasteiger charge is 1.98. The summed E-state index contributed by atoms with van der Waals surface area (Å²) in [6, 6.07) is 18.0. The van der Waals surface area contributed by atoms with Gasteiger partial charge in [0.2, 0.25) is 0 Å². The third kappa shape index (κ3) is 2.33. The quantitative estimate of drug-likeness (QED) is 0.694. The molecular weight excluding hydrogens is 232 g/mol. The van der Waals surface area contributed by atoms with Crippen molar-refractivity contribution in [2.24, 2.45) is 0 Å². The van der Waals surface area contributed by atoms with Gasteiger partial charge in [0.25, 0.3) is 0 Å². The highest BCUT2D eigenvalue weighted by Crippen LogP contribution is 2.20. The van der Waals surface area contributed by atoms with E-state index in [1.54, 1.807) is 0 Å². The molecule has 0 spiro atoms. The largest absolute Gasteiger partial charge is 0.398 e. The number of nitrogens with two attached hydrogens (primary N) is 1. The van der Waals surface area contributed by atoms with Gasteiger partial charge in [-0.25, -0.2) is 0 Å². The molecule has 2 heteroatoms. The number of fused-ring (bicyclic) bond motifs is 1. The van der Waals surface area contributed by atoms with E-state index >= 15 is 0 Å². The first kappa shape index (κ1) is 11.5. The van der Waals surface area contributed by atoms with Crippen LogP contribution >= 0.6 is 0 Å². The Labute approximate surface area is 112 Å². The second-order valence-corrected chi connectivity index (χ2v) is 4.38. The molecule has 0 atom stereocenters. The van der Waals surface area contributed by atoms with Gasteiger partial charge in [-0.15, -0.1) is 0 Å². The van der Waals surface area contributed by atoms with Crippen molar-refractivity contribution >= 4 is 28.7 Å². The predicted molar refractivity (Wildman–Crippen MR) is 81.5 cm³/mol. The normalized spacial score (nSPS) is 11.2. The van der Waals surface area contributed by atoms with Gasteiger partial charge >= 0.3 is 0 Å². The van der Waals surface area contributed by atoms with E-state index < -0.39 is 0 Å². The Bertz CT molecular complexity index is 740. The summed E-state index contributed by atoms with van der Waals surface area (Å²) in [6.07, 6.45) is 5.95. The highest BCUT2D eigenvalue weighted by molar-refractivity contribution is 5.91. The van der Waals surface area contributed by atoms with Gasteiger partial charge in [-0.05, 0) is 29.3 Å². The maximum absolute atomic E-state index is 5.93. The lowest BCUT2D eigenvalue weighted by atomic mass is 10.1. The third-order valence-electron chi connectivity index (χ3n) is 3.12. The number of hydrogen-bond donors (Lipinski definition) is 1. The summed E-state index contributed by atoms with van der Waals surface area (Å²) >= 11 is 0. The number of para-hydroxylation sites is 2. The minimum absolute atomic E-state index is 0.789. The highest BCUT2D eigenvalue weighted by atomic mass is 14.6. The summed E-state index contributed by atoms with van der Waals surface area (Å²) in [5.74, 6) is 0. The summed E-state index contributed by atoms with van der Waals surface area (Å²) < 4.78 is 0. The molecule has 0 saturated heterocycles. The number of anilines is 1. The van der Waals surface area contributed by atoms with Crippen LogP contribution in [0.5, 0.6) is 0 Å². The van der Waals surface area contributed by atoms with Crippen molar-refractivity contribution < 1.29 is 0 Å². The lowest BCUT2D eigenvalue weighted by Crippen LogP contribution is -1.87. The van der Waals surface area contributed by atoms with Gasteiger partial charge in [-0.2, -0.15) is 0 Å². The molecule has 0 fully saturated rings. The second-order valence-electron chi connectivity index (χ2n) is 4.38. The fourth-order valence-electron chi connectivity index (χ4n) is 2.11. The zero-order chi connectivity index (χ0) is 13.1. The molecule has 0 aliphatic carbocycles. The maximum atomic E-state index is 5.93. The second kappa shape index (κ2) is 4.94. The minimum Gasteiger partial charge on any atom is -0.398 e. The van der Waals surface area contributed by atoms with Crippen LogP contribution < -0.4 is 5.73 Å². The Morgan fingerprint density at radius 1 is 0.789 bits per heavy atom. The molecule has 3 rings (SSSR count). The van der Waals surface area contributed by atoms with Crippen molar-refractivity contribution in [2.75, 3.05) is 5.73 Å². The Morgan fingerprint density at radius 2 is 1.53 bits per heavy atom. The molecule has 1 heterocycles. The number of aromatic nitrogens is 1. The van der Waals surface area contributed by atoms with Gasteiger partial charge in [0, 0.05) is 17.3 Å². The average Bonchev–Trinajstić information content (AvgIpc) is 2.46. The van der Waals surface area contributed by atoms with E-state index in [9.17, 15) is 0 Å². The van der Waals surface area contributed by atoms with E-state index in [-0.39, 0.29) is 0 Å². The molecule has 2 nitrogen and oxygen atoms in total. The number of benzene rings is 2. The number of nitrogen functional groups attached to an aromatic ring is 1. The summed E-state index contributed by atoms with van der Waals surface area (Å²) in [5.41, 5.74) is 9.91. The molecule has 92 valence electrons. The number of nitrogens with zero attached hydrogens (tertiary/aromatic N) is 1. The van der Waals surface area contributed by atoms with Crippen LogP contribution in [0, 0.1) is 0 Å². The number of pyridine rings is 1. The predicted octanol–water partition coefficient (Wildman–Crippen LogP) is 3.99. The molecular formula is C17H14N2. The van der Waals surface area contributed by atoms with Crippen LogP contribution in [0.25, 0.3) is 23.1 Å². The lowest BCUT2D eigenvalue weighted by molar-refractivity contribution is 1.41. The monoisotopic (exact) mass is 246 g/mol. The van der Waals surface area contributed by atoms with Crippen molar-refractivity contribution in [2.45, 2.75) is 0 Å². The van der Waals surface area contributed by atoms with Crippen LogP contribution in [-0.4, -0.2) is 4.98 Å². The molecule has 2 aromatic carbocycles. The van der Waals surface area contributed by atoms with Gasteiger partial charge in [-0.3, -0.25) is 4.98 Å². The number of rotatable bonds is 2. The van der Waals surface area contributed by atoms with E-state index in [2.05, 4.69) is 17.1 Å². The molecule has 2 N–H and O–H groups in total. The van der Waals surface area contributed by atoms with Crippen molar-refractivity contribution in [1.29, 1.82) is 0 Å². The Kier molecular flexibility index (Phi) is 2.99. The van der Waals surface area contributed by atoms with Crippen LogP contribution in [-0.2, 0) is 0 Å². The van der Waals surface area contributed by atoms with E-state index in [0.717, 1.165) is 27.7 Å². The van der Waals surface area contributed by atoms with Crippen molar-refractivity contribution in [3.8, 4) is 0 Å². The van der Waals surface area contributed by atoms with Gasteiger partial charge in [0.1, 0.15) is 0 Å². The van der Waals surface area contributed by atoms with Crippen LogP contribution in [0.4, 0.5) is 5.69 Å². The first-order valence-electron chi connectivity index (χ1n) is 6.21.